The van der Waals surface area contributed by atoms with Crippen LogP contribution in [0.1, 0.15) is 38.3 Å². The van der Waals surface area contributed by atoms with E-state index < -0.39 is 23.4 Å². The number of halogens is 1. The lowest BCUT2D eigenvalue weighted by atomic mass is 9.88. The number of hydrogen-bond acceptors (Lipinski definition) is 5. The molecule has 0 aliphatic carbocycles. The van der Waals surface area contributed by atoms with E-state index in [1.165, 1.54) is 12.5 Å². The van der Waals surface area contributed by atoms with Gasteiger partial charge in [-0.05, 0) is 48.9 Å². The molecule has 2 rings (SSSR count). The van der Waals surface area contributed by atoms with Crippen LogP contribution in [-0.4, -0.2) is 41.9 Å². The van der Waals surface area contributed by atoms with Gasteiger partial charge in [-0.15, -0.1) is 0 Å². The largest absolute Gasteiger partial charge is 0.464 e. The molecule has 0 heterocycles. The van der Waals surface area contributed by atoms with E-state index in [0.29, 0.717) is 5.56 Å². The van der Waals surface area contributed by atoms with Crippen LogP contribution in [0.25, 0.3) is 11.1 Å². The highest BCUT2D eigenvalue weighted by molar-refractivity contribution is 9.09. The second kappa shape index (κ2) is 12.4. The molecule has 2 aromatic rings. The Morgan fingerprint density at radius 2 is 1.44 bits per heavy atom. The molecule has 0 fully saturated rings. The van der Waals surface area contributed by atoms with Crippen LogP contribution < -0.4 is 5.32 Å². The van der Waals surface area contributed by atoms with E-state index in [-0.39, 0.29) is 19.6 Å². The lowest BCUT2D eigenvalue weighted by Gasteiger charge is -2.30. The van der Waals surface area contributed by atoms with E-state index in [2.05, 4.69) is 33.4 Å². The van der Waals surface area contributed by atoms with Crippen LogP contribution in [0.4, 0.5) is 0 Å². The third kappa shape index (κ3) is 6.66. The van der Waals surface area contributed by atoms with Crippen molar-refractivity contribution in [2.75, 3.05) is 18.5 Å². The number of carbonyl (C=O) groups is 3. The number of alkyl halides is 1. The van der Waals surface area contributed by atoms with Gasteiger partial charge in [0.1, 0.15) is 0 Å². The molecular weight excluding hydrogens is 474 g/mol. The van der Waals surface area contributed by atoms with Gasteiger partial charge in [-0.3, -0.25) is 4.79 Å². The lowest BCUT2D eigenvalue weighted by Crippen LogP contribution is -2.62. The Morgan fingerprint density at radius 3 is 1.94 bits per heavy atom. The monoisotopic (exact) mass is 503 g/mol. The predicted octanol–water partition coefficient (Wildman–Crippen LogP) is 4.22. The summed E-state index contributed by atoms with van der Waals surface area (Å²) in [6.45, 7) is 4.68. The first-order valence-corrected chi connectivity index (χ1v) is 11.9. The van der Waals surface area contributed by atoms with Gasteiger partial charge in [0.25, 0.3) is 0 Å². The molecule has 172 valence electrons. The van der Waals surface area contributed by atoms with Crippen molar-refractivity contribution >= 4 is 33.8 Å². The van der Waals surface area contributed by atoms with Gasteiger partial charge < -0.3 is 14.8 Å². The molecule has 1 N–H and O–H groups in total. The number of carbonyl (C=O) groups excluding carboxylic acids is 3. The quantitative estimate of drug-likeness (QED) is 0.282. The van der Waals surface area contributed by atoms with Crippen molar-refractivity contribution in [3.05, 3.63) is 59.7 Å². The van der Waals surface area contributed by atoms with Gasteiger partial charge in [0.2, 0.25) is 11.4 Å². The Bertz CT molecular complexity index is 925. The highest BCUT2D eigenvalue weighted by atomic mass is 79.9. The Hall–Kier alpha value is -2.67. The minimum absolute atomic E-state index is 0.0702. The predicted molar refractivity (Wildman–Crippen MR) is 128 cm³/mol. The third-order valence-corrected chi connectivity index (χ3v) is 5.45. The average Bonchev–Trinajstić information content (AvgIpc) is 2.77. The molecule has 0 radical (unpaired) electrons. The maximum absolute atomic E-state index is 12.9. The fourth-order valence-corrected chi connectivity index (χ4v) is 3.81. The summed E-state index contributed by atoms with van der Waals surface area (Å²) >= 11 is 3.46. The molecule has 1 amide bonds. The van der Waals surface area contributed by atoms with Gasteiger partial charge in [-0.2, -0.15) is 0 Å². The molecule has 0 bridgehead atoms. The Labute approximate surface area is 197 Å². The van der Waals surface area contributed by atoms with Gasteiger partial charge in [-0.1, -0.05) is 64.5 Å². The van der Waals surface area contributed by atoms with Crippen molar-refractivity contribution in [3.63, 3.8) is 0 Å². The molecule has 0 aliphatic rings. The average molecular weight is 504 g/mol. The van der Waals surface area contributed by atoms with E-state index in [4.69, 9.17) is 9.47 Å². The first-order valence-electron chi connectivity index (χ1n) is 10.7. The number of rotatable bonds is 11. The normalized spacial score (nSPS) is 11.0. The van der Waals surface area contributed by atoms with Crippen LogP contribution in [0, 0.1) is 0 Å². The fourth-order valence-electron chi connectivity index (χ4n) is 3.53. The number of ether oxygens (including phenoxy) is 2. The number of esters is 2. The summed E-state index contributed by atoms with van der Waals surface area (Å²) in [5, 5.41) is 3.45. The number of amides is 1. The zero-order chi connectivity index (χ0) is 23.6. The maximum Gasteiger partial charge on any atom is 0.344 e. The minimum Gasteiger partial charge on any atom is -0.464 e. The number of aryl methyl sites for hydroxylation is 1. The Morgan fingerprint density at radius 1 is 0.906 bits per heavy atom. The zero-order valence-corrected chi connectivity index (χ0v) is 20.4. The number of benzene rings is 2. The molecule has 0 unspecified atom stereocenters. The number of nitrogens with one attached hydrogen (secondary N) is 1. The highest BCUT2D eigenvalue weighted by Gasteiger charge is 2.50. The van der Waals surface area contributed by atoms with Crippen LogP contribution >= 0.6 is 15.9 Å². The standard InChI is InChI=1S/C25H30BrNO5/c1-4-31-23(29)25(27-18(3)28,24(30)32-5-2)17-20-10-7-13-22(16-20)21-12-6-9-19(15-21)11-8-14-26/h6-7,9-10,12-13,15-16H,4-5,8,11,14,17H2,1-3H3,(H,27,28). The molecule has 7 heteroatoms. The summed E-state index contributed by atoms with van der Waals surface area (Å²) in [6, 6.07) is 15.8. The SMILES string of the molecule is CCOC(=O)C(Cc1cccc(-c2cccc(CCCBr)c2)c1)(NC(C)=O)C(=O)OCC. The minimum atomic E-state index is -1.95. The van der Waals surface area contributed by atoms with Crippen LogP contribution in [0.15, 0.2) is 48.5 Å². The van der Waals surface area contributed by atoms with Crippen LogP contribution in [0.3, 0.4) is 0 Å². The number of hydrogen-bond donors (Lipinski definition) is 1. The van der Waals surface area contributed by atoms with Crippen molar-refractivity contribution in [2.24, 2.45) is 0 Å². The molecule has 0 atom stereocenters. The summed E-state index contributed by atoms with van der Waals surface area (Å²) in [6.07, 6.45) is 1.93. The summed E-state index contributed by atoms with van der Waals surface area (Å²) in [5.74, 6) is -2.20. The lowest BCUT2D eigenvalue weighted by molar-refractivity contribution is -0.168. The van der Waals surface area contributed by atoms with E-state index >= 15 is 0 Å². The van der Waals surface area contributed by atoms with Crippen LogP contribution in [0.5, 0.6) is 0 Å². The molecule has 0 saturated carbocycles. The molecule has 0 aromatic heterocycles. The third-order valence-electron chi connectivity index (χ3n) is 4.89. The van der Waals surface area contributed by atoms with Gasteiger partial charge >= 0.3 is 11.9 Å². The summed E-state index contributed by atoms with van der Waals surface area (Å²) in [7, 11) is 0. The molecule has 0 spiro atoms. The van der Waals surface area contributed by atoms with E-state index in [9.17, 15) is 14.4 Å². The Kier molecular flexibility index (Phi) is 9.91. The summed E-state index contributed by atoms with van der Waals surface area (Å²) < 4.78 is 10.3. The second-order valence-electron chi connectivity index (χ2n) is 7.40. The topological polar surface area (TPSA) is 81.7 Å². The van der Waals surface area contributed by atoms with E-state index in [1.54, 1.807) is 13.8 Å². The molecule has 32 heavy (non-hydrogen) atoms. The van der Waals surface area contributed by atoms with E-state index in [0.717, 1.165) is 29.3 Å². The molecule has 6 nitrogen and oxygen atoms in total. The van der Waals surface area contributed by atoms with Crippen LogP contribution in [-0.2, 0) is 36.7 Å². The van der Waals surface area contributed by atoms with Crippen molar-refractivity contribution < 1.29 is 23.9 Å². The van der Waals surface area contributed by atoms with Crippen molar-refractivity contribution in [2.45, 2.75) is 45.6 Å². The van der Waals surface area contributed by atoms with Gasteiger partial charge in [-0.25, -0.2) is 9.59 Å². The molecule has 0 aliphatic heterocycles. The maximum atomic E-state index is 12.9. The zero-order valence-electron chi connectivity index (χ0n) is 18.8. The highest BCUT2D eigenvalue weighted by Crippen LogP contribution is 2.25. The fraction of sp³-hybridized carbons (Fsp3) is 0.400. The summed E-state index contributed by atoms with van der Waals surface area (Å²) in [4.78, 5) is 37.7. The van der Waals surface area contributed by atoms with Crippen molar-refractivity contribution in [3.8, 4) is 11.1 Å². The van der Waals surface area contributed by atoms with Crippen LogP contribution in [0.2, 0.25) is 0 Å². The van der Waals surface area contributed by atoms with E-state index in [1.807, 2.05) is 36.4 Å². The van der Waals surface area contributed by atoms with Gasteiger partial charge in [0.15, 0.2) is 0 Å². The first kappa shape index (κ1) is 25.6. The van der Waals surface area contributed by atoms with Gasteiger partial charge in [0, 0.05) is 18.7 Å². The van der Waals surface area contributed by atoms with Gasteiger partial charge in [0.05, 0.1) is 13.2 Å². The summed E-state index contributed by atoms with van der Waals surface area (Å²) in [5.41, 5.74) is 1.97. The molecule has 2 aromatic carbocycles. The molecular formula is C25H30BrNO5. The Balaban J connectivity index is 2.45. The smallest absolute Gasteiger partial charge is 0.344 e. The van der Waals surface area contributed by atoms with Crippen molar-refractivity contribution in [1.29, 1.82) is 0 Å². The first-order chi connectivity index (χ1) is 15.4. The van der Waals surface area contributed by atoms with Crippen molar-refractivity contribution in [1.82, 2.24) is 5.32 Å². The molecule has 0 saturated heterocycles. The second-order valence-corrected chi connectivity index (χ2v) is 8.19.